The molecule has 1 nitrogen and oxygen atoms in total. The van der Waals surface area contributed by atoms with Crippen molar-refractivity contribution in [3.05, 3.63) is 30.1 Å². The van der Waals surface area contributed by atoms with Gasteiger partial charge in [-0.05, 0) is 25.0 Å². The van der Waals surface area contributed by atoms with Gasteiger partial charge in [0.05, 0.1) is 6.20 Å². The molecule has 0 aromatic carbocycles. The zero-order valence-electron chi connectivity index (χ0n) is 5.17. The molecule has 1 aromatic heterocycles. The van der Waals surface area contributed by atoms with Crippen LogP contribution in [0.4, 0.5) is 0 Å². The van der Waals surface area contributed by atoms with Crippen molar-refractivity contribution in [1.29, 1.82) is 0 Å². The van der Waals surface area contributed by atoms with Crippen LogP contribution in [0, 0.1) is 6.20 Å². The third-order valence-electron chi connectivity index (χ3n) is 1.63. The molecule has 0 atom stereocenters. The van der Waals surface area contributed by atoms with E-state index in [1.807, 2.05) is 12.1 Å². The Bertz CT molecular complexity index is 189. The van der Waals surface area contributed by atoms with E-state index in [-0.39, 0.29) is 0 Å². The van der Waals surface area contributed by atoms with Gasteiger partial charge in [0.1, 0.15) is 0 Å². The molecule has 0 N–H and O–H groups in total. The number of aromatic nitrogens is 1. The fourth-order valence-electron chi connectivity index (χ4n) is 0.945. The molecule has 2 rings (SSSR count). The van der Waals surface area contributed by atoms with Gasteiger partial charge in [-0.2, -0.15) is 0 Å². The van der Waals surface area contributed by atoms with Crippen LogP contribution in [-0.2, 0) is 0 Å². The minimum absolute atomic E-state index is 0.766. The van der Waals surface area contributed by atoms with Crippen LogP contribution in [-0.4, -0.2) is 4.98 Å². The molecule has 0 amide bonds. The van der Waals surface area contributed by atoms with Crippen LogP contribution in [0.2, 0.25) is 0 Å². The lowest BCUT2D eigenvalue weighted by Crippen LogP contribution is -1.81. The predicted octanol–water partition coefficient (Wildman–Crippen LogP) is 1.76. The van der Waals surface area contributed by atoms with Crippen molar-refractivity contribution in [2.45, 2.75) is 18.8 Å². The first-order chi connectivity index (χ1) is 4.47. The second kappa shape index (κ2) is 1.83. The molecule has 9 heavy (non-hydrogen) atoms. The molecule has 45 valence electrons. The molecule has 1 aliphatic rings. The van der Waals surface area contributed by atoms with Crippen molar-refractivity contribution >= 4 is 0 Å². The van der Waals surface area contributed by atoms with E-state index in [0.717, 1.165) is 5.92 Å². The van der Waals surface area contributed by atoms with Gasteiger partial charge in [0.25, 0.3) is 0 Å². The van der Waals surface area contributed by atoms with Gasteiger partial charge in [0.2, 0.25) is 0 Å². The van der Waals surface area contributed by atoms with Crippen molar-refractivity contribution in [3.8, 4) is 0 Å². The Kier molecular flexibility index (Phi) is 1.01. The number of rotatable bonds is 1. The molecule has 1 aromatic rings. The fourth-order valence-corrected chi connectivity index (χ4v) is 0.945. The van der Waals surface area contributed by atoms with E-state index >= 15 is 0 Å². The largest absolute Gasteiger partial charge is 0.251 e. The average molecular weight is 118 g/mol. The quantitative estimate of drug-likeness (QED) is 0.547. The lowest BCUT2D eigenvalue weighted by Gasteiger charge is -1.90. The standard InChI is InChI=1S/C8H8N/c1-2-6-9-8(3-1)7-4-5-7/h1-3,7H,4-5H2. The Morgan fingerprint density at radius 2 is 2.44 bits per heavy atom. The molecule has 0 unspecified atom stereocenters. The molecular formula is C8H8N. The van der Waals surface area contributed by atoms with Crippen LogP contribution in [0.1, 0.15) is 24.5 Å². The molecule has 1 heterocycles. The monoisotopic (exact) mass is 118 g/mol. The number of hydrogen-bond acceptors (Lipinski definition) is 1. The Morgan fingerprint density at radius 3 is 3.00 bits per heavy atom. The van der Waals surface area contributed by atoms with Crippen molar-refractivity contribution in [3.63, 3.8) is 0 Å². The van der Waals surface area contributed by atoms with E-state index in [0.29, 0.717) is 0 Å². The van der Waals surface area contributed by atoms with Crippen molar-refractivity contribution in [2.75, 3.05) is 0 Å². The number of hydrogen-bond donors (Lipinski definition) is 0. The van der Waals surface area contributed by atoms with E-state index in [9.17, 15) is 0 Å². The van der Waals surface area contributed by atoms with Gasteiger partial charge in [0, 0.05) is 11.6 Å². The van der Waals surface area contributed by atoms with E-state index < -0.39 is 0 Å². The van der Waals surface area contributed by atoms with E-state index in [1.165, 1.54) is 18.5 Å². The number of pyridine rings is 1. The second-order valence-corrected chi connectivity index (χ2v) is 2.47. The molecule has 1 aliphatic carbocycles. The van der Waals surface area contributed by atoms with Gasteiger partial charge in [-0.15, -0.1) is 0 Å². The molecule has 1 radical (unpaired) electrons. The molecule has 1 heteroatoms. The molecule has 0 spiro atoms. The van der Waals surface area contributed by atoms with E-state index in [4.69, 9.17) is 0 Å². The highest BCUT2D eigenvalue weighted by Crippen LogP contribution is 2.38. The van der Waals surface area contributed by atoms with Gasteiger partial charge in [0.15, 0.2) is 0 Å². The van der Waals surface area contributed by atoms with Gasteiger partial charge in [-0.25, -0.2) is 0 Å². The highest BCUT2D eigenvalue weighted by molar-refractivity contribution is 5.13. The minimum atomic E-state index is 0.766. The third-order valence-corrected chi connectivity index (χ3v) is 1.63. The first-order valence-corrected chi connectivity index (χ1v) is 3.30. The highest BCUT2D eigenvalue weighted by atomic mass is 14.7. The summed E-state index contributed by atoms with van der Waals surface area (Å²) in [5.41, 5.74) is 1.22. The average Bonchev–Trinajstić information content (AvgIpc) is 2.71. The van der Waals surface area contributed by atoms with Crippen LogP contribution in [0.25, 0.3) is 0 Å². The summed E-state index contributed by atoms with van der Waals surface area (Å²) in [6.45, 7) is 0. The Balaban J connectivity index is 2.29. The summed E-state index contributed by atoms with van der Waals surface area (Å²) >= 11 is 0. The predicted molar refractivity (Wildman–Crippen MR) is 35.0 cm³/mol. The first-order valence-electron chi connectivity index (χ1n) is 3.30. The maximum atomic E-state index is 4.12. The van der Waals surface area contributed by atoms with Crippen LogP contribution in [0.5, 0.6) is 0 Å². The summed E-state index contributed by atoms with van der Waals surface area (Å²) in [7, 11) is 0. The summed E-state index contributed by atoms with van der Waals surface area (Å²) in [5, 5.41) is 0. The number of nitrogens with zero attached hydrogens (tertiary/aromatic N) is 1. The molecule has 0 bridgehead atoms. The summed E-state index contributed by atoms with van der Waals surface area (Å²) < 4.78 is 0. The Hall–Kier alpha value is -0.850. The highest BCUT2D eigenvalue weighted by Gasteiger charge is 2.23. The van der Waals surface area contributed by atoms with Crippen molar-refractivity contribution < 1.29 is 0 Å². The van der Waals surface area contributed by atoms with Crippen LogP contribution < -0.4 is 0 Å². The second-order valence-electron chi connectivity index (χ2n) is 2.47. The zero-order chi connectivity index (χ0) is 6.10. The fraction of sp³-hybridized carbons (Fsp3) is 0.375. The minimum Gasteiger partial charge on any atom is -0.251 e. The lowest BCUT2D eigenvalue weighted by molar-refractivity contribution is 1.02. The SMILES string of the molecule is [c]1cccc(C2CC2)n1. The molecule has 0 aliphatic heterocycles. The molecule has 1 saturated carbocycles. The summed E-state index contributed by atoms with van der Waals surface area (Å²) in [5.74, 6) is 0.766. The van der Waals surface area contributed by atoms with E-state index in [2.05, 4.69) is 17.2 Å². The zero-order valence-corrected chi connectivity index (χ0v) is 5.17. The Labute approximate surface area is 54.7 Å². The molecule has 1 fully saturated rings. The van der Waals surface area contributed by atoms with Gasteiger partial charge < -0.3 is 0 Å². The molecule has 0 saturated heterocycles. The molecular weight excluding hydrogens is 110 g/mol. The third kappa shape index (κ3) is 0.947. The summed E-state index contributed by atoms with van der Waals surface area (Å²) in [4.78, 5) is 4.12. The van der Waals surface area contributed by atoms with Crippen molar-refractivity contribution in [1.82, 2.24) is 4.98 Å². The maximum absolute atomic E-state index is 4.12. The van der Waals surface area contributed by atoms with Gasteiger partial charge in [-0.1, -0.05) is 6.07 Å². The van der Waals surface area contributed by atoms with Gasteiger partial charge >= 0.3 is 0 Å². The van der Waals surface area contributed by atoms with Crippen LogP contribution >= 0.6 is 0 Å². The van der Waals surface area contributed by atoms with Crippen LogP contribution in [0.3, 0.4) is 0 Å². The maximum Gasteiger partial charge on any atom is 0.0889 e. The lowest BCUT2D eigenvalue weighted by atomic mass is 10.3. The normalized spacial score (nSPS) is 17.8. The Morgan fingerprint density at radius 1 is 1.56 bits per heavy atom. The van der Waals surface area contributed by atoms with E-state index in [1.54, 1.807) is 0 Å². The van der Waals surface area contributed by atoms with Crippen molar-refractivity contribution in [2.24, 2.45) is 0 Å². The topological polar surface area (TPSA) is 12.9 Å². The van der Waals surface area contributed by atoms with Crippen LogP contribution in [0.15, 0.2) is 18.2 Å². The summed E-state index contributed by atoms with van der Waals surface area (Å²) in [6.07, 6.45) is 5.48. The summed E-state index contributed by atoms with van der Waals surface area (Å²) in [6, 6.07) is 5.92. The smallest absolute Gasteiger partial charge is 0.0889 e. The first kappa shape index (κ1) is 4.98. The van der Waals surface area contributed by atoms with Gasteiger partial charge in [-0.3, -0.25) is 4.98 Å².